The van der Waals surface area contributed by atoms with Crippen LogP contribution in [0.1, 0.15) is 36.3 Å². The molecule has 1 amide bonds. The van der Waals surface area contributed by atoms with Gasteiger partial charge in [-0.3, -0.25) is 9.48 Å². The lowest BCUT2D eigenvalue weighted by molar-refractivity contribution is 0.0925. The molecular weight excluding hydrogens is 368 g/mol. The van der Waals surface area contributed by atoms with Crippen molar-refractivity contribution in [2.24, 2.45) is 0 Å². The SMILES string of the molecule is COc1cccc(OC(C)CNC(=O)c2ccn(C3CCCNC3)n2)c1.Cl. The number of carbonyl (C=O) groups is 1. The van der Waals surface area contributed by atoms with E-state index in [4.69, 9.17) is 9.47 Å². The van der Waals surface area contributed by atoms with E-state index in [1.807, 2.05) is 42.1 Å². The maximum absolute atomic E-state index is 12.3. The number of carbonyl (C=O) groups excluding carboxylic acids is 1. The number of ether oxygens (including phenoxy) is 2. The van der Waals surface area contributed by atoms with Crippen LogP contribution in [0.3, 0.4) is 0 Å². The lowest BCUT2D eigenvalue weighted by atomic mass is 10.1. The molecule has 1 aromatic heterocycles. The van der Waals surface area contributed by atoms with E-state index in [0.29, 0.717) is 24.0 Å². The van der Waals surface area contributed by atoms with Crippen LogP contribution >= 0.6 is 12.4 Å². The molecule has 2 unspecified atom stereocenters. The second kappa shape index (κ2) is 10.2. The molecule has 2 heterocycles. The van der Waals surface area contributed by atoms with Crippen LogP contribution in [-0.4, -0.2) is 48.5 Å². The monoisotopic (exact) mass is 394 g/mol. The Morgan fingerprint density at radius 1 is 1.41 bits per heavy atom. The summed E-state index contributed by atoms with van der Waals surface area (Å²) in [7, 11) is 1.62. The van der Waals surface area contributed by atoms with E-state index < -0.39 is 0 Å². The number of aromatic nitrogens is 2. The highest BCUT2D eigenvalue weighted by atomic mass is 35.5. The number of methoxy groups -OCH3 is 1. The highest BCUT2D eigenvalue weighted by Gasteiger charge is 2.18. The Balaban J connectivity index is 0.00000261. The van der Waals surface area contributed by atoms with Crippen molar-refractivity contribution >= 4 is 18.3 Å². The zero-order valence-corrected chi connectivity index (χ0v) is 16.5. The van der Waals surface area contributed by atoms with E-state index in [1.54, 1.807) is 13.2 Å². The van der Waals surface area contributed by atoms with Crippen LogP contribution in [-0.2, 0) is 0 Å². The van der Waals surface area contributed by atoms with E-state index in [-0.39, 0.29) is 24.4 Å². The molecular formula is C19H27ClN4O3. The van der Waals surface area contributed by atoms with Gasteiger partial charge in [0.2, 0.25) is 0 Å². The van der Waals surface area contributed by atoms with Gasteiger partial charge in [-0.15, -0.1) is 12.4 Å². The quantitative estimate of drug-likeness (QED) is 0.754. The average molecular weight is 395 g/mol. The molecule has 2 atom stereocenters. The fourth-order valence-electron chi connectivity index (χ4n) is 3.00. The summed E-state index contributed by atoms with van der Waals surface area (Å²) in [4.78, 5) is 12.3. The van der Waals surface area contributed by atoms with Gasteiger partial charge in [-0.05, 0) is 44.5 Å². The van der Waals surface area contributed by atoms with Crippen LogP contribution in [0.15, 0.2) is 36.5 Å². The Hall–Kier alpha value is -2.25. The summed E-state index contributed by atoms with van der Waals surface area (Å²) in [5, 5.41) is 10.7. The molecule has 1 aliphatic heterocycles. The van der Waals surface area contributed by atoms with Crippen molar-refractivity contribution in [2.45, 2.75) is 31.9 Å². The Kier molecular flexibility index (Phi) is 7.94. The summed E-state index contributed by atoms with van der Waals surface area (Å²) in [5.74, 6) is 1.26. The van der Waals surface area contributed by atoms with Crippen LogP contribution < -0.4 is 20.1 Å². The summed E-state index contributed by atoms with van der Waals surface area (Å²) in [6, 6.07) is 9.49. The third-order valence-electron chi connectivity index (χ3n) is 4.41. The minimum atomic E-state index is -0.186. The number of rotatable bonds is 7. The van der Waals surface area contributed by atoms with Crippen LogP contribution in [0.5, 0.6) is 11.5 Å². The van der Waals surface area contributed by atoms with E-state index in [9.17, 15) is 4.79 Å². The number of piperidine rings is 1. The van der Waals surface area contributed by atoms with Crippen molar-refractivity contribution in [3.63, 3.8) is 0 Å². The van der Waals surface area contributed by atoms with E-state index in [0.717, 1.165) is 31.7 Å². The molecule has 0 aliphatic carbocycles. The van der Waals surface area contributed by atoms with Gasteiger partial charge < -0.3 is 20.1 Å². The van der Waals surface area contributed by atoms with Gasteiger partial charge in [0.25, 0.3) is 5.91 Å². The molecule has 27 heavy (non-hydrogen) atoms. The van der Waals surface area contributed by atoms with Crippen LogP contribution in [0.2, 0.25) is 0 Å². The number of amides is 1. The number of benzene rings is 1. The number of nitrogens with one attached hydrogen (secondary N) is 2. The van der Waals surface area contributed by atoms with E-state index in [2.05, 4.69) is 15.7 Å². The summed E-state index contributed by atoms with van der Waals surface area (Å²) in [6.45, 7) is 4.25. The van der Waals surface area contributed by atoms with E-state index in [1.165, 1.54) is 0 Å². The number of nitrogens with zero attached hydrogens (tertiary/aromatic N) is 2. The highest BCUT2D eigenvalue weighted by molar-refractivity contribution is 5.92. The lowest BCUT2D eigenvalue weighted by Gasteiger charge is -2.22. The topological polar surface area (TPSA) is 77.4 Å². The largest absolute Gasteiger partial charge is 0.497 e. The predicted octanol–water partition coefficient (Wildman–Crippen LogP) is 2.44. The first-order valence-electron chi connectivity index (χ1n) is 9.00. The van der Waals surface area contributed by atoms with Gasteiger partial charge in [0.15, 0.2) is 0 Å². The molecule has 8 heteroatoms. The van der Waals surface area contributed by atoms with Crippen molar-refractivity contribution in [1.82, 2.24) is 20.4 Å². The molecule has 0 bridgehead atoms. The van der Waals surface area contributed by atoms with Crippen molar-refractivity contribution in [2.75, 3.05) is 26.7 Å². The first-order chi connectivity index (χ1) is 12.7. The third kappa shape index (κ3) is 5.87. The average Bonchev–Trinajstić information content (AvgIpc) is 3.17. The van der Waals surface area contributed by atoms with Gasteiger partial charge in [-0.2, -0.15) is 5.10 Å². The van der Waals surface area contributed by atoms with Crippen molar-refractivity contribution < 1.29 is 14.3 Å². The minimum absolute atomic E-state index is 0. The minimum Gasteiger partial charge on any atom is -0.497 e. The molecule has 3 rings (SSSR count). The van der Waals surface area contributed by atoms with Gasteiger partial charge in [0.1, 0.15) is 23.3 Å². The smallest absolute Gasteiger partial charge is 0.271 e. The van der Waals surface area contributed by atoms with Gasteiger partial charge in [0.05, 0.1) is 19.7 Å². The Morgan fingerprint density at radius 3 is 2.96 bits per heavy atom. The molecule has 0 radical (unpaired) electrons. The van der Waals surface area contributed by atoms with Crippen LogP contribution in [0, 0.1) is 0 Å². The molecule has 2 aromatic rings. The number of halogens is 1. The van der Waals surface area contributed by atoms with Gasteiger partial charge in [-0.25, -0.2) is 0 Å². The molecule has 148 valence electrons. The summed E-state index contributed by atoms with van der Waals surface area (Å²) in [5.41, 5.74) is 0.434. The zero-order chi connectivity index (χ0) is 18.4. The normalized spacial score (nSPS) is 17.5. The molecule has 1 fully saturated rings. The highest BCUT2D eigenvalue weighted by Crippen LogP contribution is 2.20. The van der Waals surface area contributed by atoms with Gasteiger partial charge >= 0.3 is 0 Å². The lowest BCUT2D eigenvalue weighted by Crippen LogP contribution is -2.34. The molecule has 1 aliphatic rings. The standard InChI is InChI=1S/C19H26N4O3.ClH/c1-14(26-17-7-3-6-16(11-17)25-2)12-21-19(24)18-8-10-23(22-18)15-5-4-9-20-13-15;/h3,6-8,10-11,14-15,20H,4-5,9,12-13H2,1-2H3,(H,21,24);1H. The second-order valence-corrected chi connectivity index (χ2v) is 6.50. The number of hydrogen-bond acceptors (Lipinski definition) is 5. The molecule has 0 spiro atoms. The molecule has 1 saturated heterocycles. The maximum Gasteiger partial charge on any atom is 0.271 e. The molecule has 7 nitrogen and oxygen atoms in total. The van der Waals surface area contributed by atoms with Crippen LogP contribution in [0.25, 0.3) is 0 Å². The Bertz CT molecular complexity index is 731. The summed E-state index contributed by atoms with van der Waals surface area (Å²) < 4.78 is 12.9. The maximum atomic E-state index is 12.3. The predicted molar refractivity (Wildman–Crippen MR) is 106 cm³/mol. The van der Waals surface area contributed by atoms with Crippen LogP contribution in [0.4, 0.5) is 0 Å². The zero-order valence-electron chi connectivity index (χ0n) is 15.7. The van der Waals surface area contributed by atoms with Crippen molar-refractivity contribution in [3.8, 4) is 11.5 Å². The Morgan fingerprint density at radius 2 is 2.22 bits per heavy atom. The van der Waals surface area contributed by atoms with Gasteiger partial charge in [0, 0.05) is 18.8 Å². The Labute approximate surface area is 165 Å². The van der Waals surface area contributed by atoms with Crippen molar-refractivity contribution in [1.29, 1.82) is 0 Å². The summed E-state index contributed by atoms with van der Waals surface area (Å²) >= 11 is 0. The summed E-state index contributed by atoms with van der Waals surface area (Å²) in [6.07, 6.45) is 3.92. The van der Waals surface area contributed by atoms with E-state index >= 15 is 0 Å². The first-order valence-corrected chi connectivity index (χ1v) is 9.00. The van der Waals surface area contributed by atoms with Crippen molar-refractivity contribution in [3.05, 3.63) is 42.2 Å². The fraction of sp³-hybridized carbons (Fsp3) is 0.474. The van der Waals surface area contributed by atoms with Gasteiger partial charge in [-0.1, -0.05) is 6.07 Å². The third-order valence-corrected chi connectivity index (χ3v) is 4.41. The number of hydrogen-bond donors (Lipinski definition) is 2. The molecule has 0 saturated carbocycles. The molecule has 2 N–H and O–H groups in total. The molecule has 1 aromatic carbocycles. The first kappa shape index (κ1) is 21.1. The fourth-order valence-corrected chi connectivity index (χ4v) is 3.00. The second-order valence-electron chi connectivity index (χ2n) is 6.50.